The first kappa shape index (κ1) is 24.8. The minimum absolute atomic E-state index is 0.177. The van der Waals surface area contributed by atoms with Crippen LogP contribution in [-0.2, 0) is 4.65 Å². The van der Waals surface area contributed by atoms with Crippen LogP contribution in [-0.4, -0.2) is 40.2 Å². The highest BCUT2D eigenvalue weighted by molar-refractivity contribution is 6.64. The summed E-state index contributed by atoms with van der Waals surface area (Å²) in [4.78, 5) is 5.04. The van der Waals surface area contributed by atoms with Crippen molar-refractivity contribution < 1.29 is 9.76 Å². The standard InChI is InChI=1S/C31H30BN3O2/c1-30(2,36)31(3,4)37-32-21-15-16-25-23(17-21)26-24(29(35-25)20-13-9-6-10-14-20)18-22(27(33)28(26)34)19-11-7-5-8-12-19/h5-18,32-34,36H,1-4H3. The lowest BCUT2D eigenvalue weighted by Crippen LogP contribution is -2.49. The number of nitrogens with one attached hydrogen (secondary N) is 2. The van der Waals surface area contributed by atoms with Gasteiger partial charge in [0, 0.05) is 27.6 Å². The number of pyridine rings is 1. The molecule has 0 radical (unpaired) electrons. The number of benzene rings is 3. The van der Waals surface area contributed by atoms with E-state index in [1.807, 2.05) is 98.8 Å². The molecule has 0 saturated carbocycles. The van der Waals surface area contributed by atoms with Crippen molar-refractivity contribution in [3.8, 4) is 11.3 Å². The van der Waals surface area contributed by atoms with Gasteiger partial charge in [0.25, 0.3) is 0 Å². The van der Waals surface area contributed by atoms with Crippen LogP contribution in [0.15, 0.2) is 78.9 Å². The summed E-state index contributed by atoms with van der Waals surface area (Å²) in [5.74, 6) is 0. The number of allylic oxidation sites excluding steroid dienone is 1. The fourth-order valence-electron chi connectivity index (χ4n) is 4.40. The Morgan fingerprint density at radius 2 is 1.43 bits per heavy atom. The van der Waals surface area contributed by atoms with Gasteiger partial charge in [0.1, 0.15) is 0 Å². The summed E-state index contributed by atoms with van der Waals surface area (Å²) in [6.45, 7) is 7.22. The molecule has 0 atom stereocenters. The van der Waals surface area contributed by atoms with Crippen molar-refractivity contribution >= 4 is 46.9 Å². The van der Waals surface area contributed by atoms with E-state index in [-0.39, 0.29) is 11.4 Å². The lowest BCUT2D eigenvalue weighted by Gasteiger charge is -2.37. The van der Waals surface area contributed by atoms with E-state index in [9.17, 15) is 5.11 Å². The van der Waals surface area contributed by atoms with Crippen LogP contribution in [0, 0.1) is 10.8 Å². The summed E-state index contributed by atoms with van der Waals surface area (Å²) in [5.41, 5.74) is 5.20. The number of aliphatic hydroxyl groups is 1. The molecule has 1 aromatic heterocycles. The van der Waals surface area contributed by atoms with E-state index >= 15 is 0 Å². The number of nitrogens with zero attached hydrogens (tertiary/aromatic N) is 1. The molecule has 0 amide bonds. The van der Waals surface area contributed by atoms with E-state index < -0.39 is 11.2 Å². The van der Waals surface area contributed by atoms with E-state index in [2.05, 4.69) is 0 Å². The Kier molecular flexibility index (Phi) is 6.18. The van der Waals surface area contributed by atoms with Crippen molar-refractivity contribution in [3.63, 3.8) is 0 Å². The SMILES string of the molecule is CC(C)(O)C(C)(C)OBc1ccc2nc(-c3ccccc3)c3c(c2c1)C(=N)C(=N)C(c1ccccc1)=C3. The molecule has 3 aromatic carbocycles. The summed E-state index contributed by atoms with van der Waals surface area (Å²) >= 11 is 0. The Bertz CT molecular complexity index is 1550. The van der Waals surface area contributed by atoms with Crippen LogP contribution in [0.1, 0.15) is 44.4 Å². The van der Waals surface area contributed by atoms with Crippen LogP contribution in [0.2, 0.25) is 0 Å². The van der Waals surface area contributed by atoms with Crippen LogP contribution in [0.3, 0.4) is 0 Å². The van der Waals surface area contributed by atoms with Gasteiger partial charge < -0.3 is 9.76 Å². The second-order valence-corrected chi connectivity index (χ2v) is 10.5. The van der Waals surface area contributed by atoms with Gasteiger partial charge in [-0.05, 0) is 45.4 Å². The molecule has 0 bridgehead atoms. The molecule has 1 heterocycles. The smallest absolute Gasteiger partial charge is 0.309 e. The molecule has 6 heteroatoms. The van der Waals surface area contributed by atoms with Gasteiger partial charge in [0.15, 0.2) is 0 Å². The number of aromatic nitrogens is 1. The molecular formula is C31H30BN3O2. The first-order valence-corrected chi connectivity index (χ1v) is 12.4. The molecule has 0 spiro atoms. The fraction of sp³-hybridized carbons (Fsp3) is 0.194. The zero-order chi connectivity index (χ0) is 26.4. The largest absolute Gasteiger partial charge is 0.427 e. The summed E-state index contributed by atoms with van der Waals surface area (Å²) in [5, 5.41) is 29.3. The average Bonchev–Trinajstić information content (AvgIpc) is 2.89. The van der Waals surface area contributed by atoms with Gasteiger partial charge in [-0.1, -0.05) is 78.3 Å². The highest BCUT2D eigenvalue weighted by atomic mass is 16.5. The third kappa shape index (κ3) is 4.54. The molecule has 0 unspecified atom stereocenters. The molecule has 4 aromatic rings. The molecule has 1 aliphatic rings. The van der Waals surface area contributed by atoms with Crippen molar-refractivity contribution in [2.24, 2.45) is 0 Å². The molecular weight excluding hydrogens is 457 g/mol. The maximum absolute atomic E-state index is 10.5. The monoisotopic (exact) mass is 487 g/mol. The summed E-state index contributed by atoms with van der Waals surface area (Å²) in [6, 6.07) is 25.7. The summed E-state index contributed by atoms with van der Waals surface area (Å²) in [7, 11) is 0.304. The molecule has 5 nitrogen and oxygen atoms in total. The van der Waals surface area contributed by atoms with Crippen LogP contribution in [0.4, 0.5) is 0 Å². The third-order valence-corrected chi connectivity index (χ3v) is 7.35. The van der Waals surface area contributed by atoms with Gasteiger partial charge in [-0.25, -0.2) is 4.98 Å². The minimum Gasteiger partial charge on any atom is -0.427 e. The van der Waals surface area contributed by atoms with Crippen molar-refractivity contribution in [1.29, 1.82) is 10.8 Å². The molecule has 3 N–H and O–H groups in total. The first-order chi connectivity index (χ1) is 17.6. The first-order valence-electron chi connectivity index (χ1n) is 12.4. The van der Waals surface area contributed by atoms with Crippen molar-refractivity contribution in [2.75, 3.05) is 0 Å². The molecule has 5 rings (SSSR count). The molecule has 0 fully saturated rings. The fourth-order valence-corrected chi connectivity index (χ4v) is 4.40. The Balaban J connectivity index is 1.71. The predicted octanol–water partition coefficient (Wildman–Crippen LogP) is 5.39. The van der Waals surface area contributed by atoms with E-state index in [1.54, 1.807) is 13.8 Å². The van der Waals surface area contributed by atoms with Gasteiger partial charge in [-0.3, -0.25) is 10.8 Å². The Morgan fingerprint density at radius 1 is 0.811 bits per heavy atom. The van der Waals surface area contributed by atoms with Crippen molar-refractivity contribution in [2.45, 2.75) is 38.9 Å². The third-order valence-electron chi connectivity index (χ3n) is 7.35. The predicted molar refractivity (Wildman–Crippen MR) is 154 cm³/mol. The number of rotatable bonds is 6. The number of hydrogen-bond donors (Lipinski definition) is 3. The Hall–Kier alpha value is -3.87. The normalized spacial score (nSPS) is 13.9. The van der Waals surface area contributed by atoms with E-state index in [0.717, 1.165) is 38.8 Å². The maximum atomic E-state index is 10.5. The number of hydrogen-bond acceptors (Lipinski definition) is 5. The van der Waals surface area contributed by atoms with E-state index in [0.29, 0.717) is 18.6 Å². The molecule has 1 aliphatic carbocycles. The molecule has 0 saturated heterocycles. The van der Waals surface area contributed by atoms with Crippen molar-refractivity contribution in [3.05, 3.63) is 95.6 Å². The topological polar surface area (TPSA) is 90.1 Å². The summed E-state index contributed by atoms with van der Waals surface area (Å²) in [6.07, 6.45) is 2.00. The van der Waals surface area contributed by atoms with E-state index in [1.165, 1.54) is 0 Å². The highest BCUT2D eigenvalue weighted by Crippen LogP contribution is 2.37. The highest BCUT2D eigenvalue weighted by Gasteiger charge is 2.36. The number of fused-ring (bicyclic) bond motifs is 3. The van der Waals surface area contributed by atoms with Crippen LogP contribution >= 0.6 is 0 Å². The van der Waals surface area contributed by atoms with Gasteiger partial charge in [0.05, 0.1) is 33.8 Å². The molecule has 37 heavy (non-hydrogen) atoms. The summed E-state index contributed by atoms with van der Waals surface area (Å²) < 4.78 is 6.11. The lowest BCUT2D eigenvalue weighted by atomic mass is 9.79. The van der Waals surface area contributed by atoms with Gasteiger partial charge in [0.2, 0.25) is 0 Å². The van der Waals surface area contributed by atoms with Crippen molar-refractivity contribution in [1.82, 2.24) is 4.98 Å². The Morgan fingerprint density at radius 3 is 2.05 bits per heavy atom. The minimum atomic E-state index is -1.01. The maximum Gasteiger partial charge on any atom is 0.309 e. The van der Waals surface area contributed by atoms with Gasteiger partial charge in [-0.15, -0.1) is 0 Å². The molecule has 184 valence electrons. The zero-order valence-corrected chi connectivity index (χ0v) is 21.6. The quantitative estimate of drug-likeness (QED) is 0.319. The van der Waals surface area contributed by atoms with Crippen LogP contribution < -0.4 is 5.46 Å². The lowest BCUT2D eigenvalue weighted by molar-refractivity contribution is -0.0893. The Labute approximate surface area is 218 Å². The van der Waals surface area contributed by atoms with Crippen LogP contribution in [0.5, 0.6) is 0 Å². The van der Waals surface area contributed by atoms with Gasteiger partial charge >= 0.3 is 7.48 Å². The second-order valence-electron chi connectivity index (χ2n) is 10.5. The van der Waals surface area contributed by atoms with Gasteiger partial charge in [-0.2, -0.15) is 0 Å². The average molecular weight is 487 g/mol. The molecule has 0 aliphatic heterocycles. The van der Waals surface area contributed by atoms with E-state index in [4.69, 9.17) is 20.5 Å². The van der Waals surface area contributed by atoms with Crippen LogP contribution in [0.25, 0.3) is 33.8 Å². The second kappa shape index (κ2) is 9.22. The zero-order valence-electron chi connectivity index (χ0n) is 21.6.